The first-order chi connectivity index (χ1) is 12.1. The van der Waals surface area contributed by atoms with Crippen molar-refractivity contribution in [2.24, 2.45) is 0 Å². The van der Waals surface area contributed by atoms with Crippen molar-refractivity contribution in [3.05, 3.63) is 46.2 Å². The number of anilines is 2. The van der Waals surface area contributed by atoms with E-state index in [2.05, 4.69) is 27.1 Å². The largest absolute Gasteiger partial charge is 0.335 e. The molecule has 1 saturated heterocycles. The number of benzene rings is 1. The van der Waals surface area contributed by atoms with E-state index in [1.165, 1.54) is 0 Å². The van der Waals surface area contributed by atoms with Crippen molar-refractivity contribution in [3.63, 3.8) is 0 Å². The Hall–Kier alpha value is -1.89. The Balaban J connectivity index is 1.72. The smallest absolute Gasteiger partial charge is 0.272 e. The van der Waals surface area contributed by atoms with Gasteiger partial charge in [-0.25, -0.2) is 9.97 Å². The van der Waals surface area contributed by atoms with Crippen LogP contribution < -0.4 is 5.32 Å². The Kier molecular flexibility index (Phi) is 5.73. The minimum absolute atomic E-state index is 0.0802. The number of aromatic nitrogens is 2. The van der Waals surface area contributed by atoms with Gasteiger partial charge in [0, 0.05) is 37.4 Å². The lowest BCUT2D eigenvalue weighted by atomic mass is 10.2. The van der Waals surface area contributed by atoms with E-state index in [9.17, 15) is 4.79 Å². The zero-order valence-electron chi connectivity index (χ0n) is 13.9. The zero-order chi connectivity index (χ0) is 17.8. The number of halogens is 2. The molecule has 1 fully saturated rings. The van der Waals surface area contributed by atoms with Crippen molar-refractivity contribution in [1.29, 1.82) is 0 Å². The number of carbonyl (C=O) groups is 1. The Bertz CT molecular complexity index is 762. The molecule has 8 heteroatoms. The molecule has 0 spiro atoms. The van der Waals surface area contributed by atoms with Crippen LogP contribution in [0.4, 0.5) is 11.6 Å². The minimum Gasteiger partial charge on any atom is -0.335 e. The molecule has 1 aromatic carbocycles. The van der Waals surface area contributed by atoms with Crippen LogP contribution >= 0.6 is 23.2 Å². The van der Waals surface area contributed by atoms with Crippen LogP contribution in [0.5, 0.6) is 0 Å². The molecule has 0 saturated carbocycles. The molecule has 0 bridgehead atoms. The number of piperazine rings is 1. The van der Waals surface area contributed by atoms with Gasteiger partial charge in [0.25, 0.3) is 5.91 Å². The molecule has 1 amide bonds. The minimum atomic E-state index is -0.0802. The van der Waals surface area contributed by atoms with Crippen LogP contribution in [0.25, 0.3) is 0 Å². The van der Waals surface area contributed by atoms with Gasteiger partial charge < -0.3 is 15.1 Å². The first kappa shape index (κ1) is 17.9. The summed E-state index contributed by atoms with van der Waals surface area (Å²) in [4.78, 5) is 25.3. The Morgan fingerprint density at radius 1 is 1.20 bits per heavy atom. The first-order valence-corrected chi connectivity index (χ1v) is 8.89. The van der Waals surface area contributed by atoms with Crippen molar-refractivity contribution in [2.45, 2.75) is 6.92 Å². The Labute approximate surface area is 156 Å². The van der Waals surface area contributed by atoms with Crippen molar-refractivity contribution < 1.29 is 4.79 Å². The van der Waals surface area contributed by atoms with Gasteiger partial charge in [0.2, 0.25) is 5.95 Å². The highest BCUT2D eigenvalue weighted by Crippen LogP contribution is 2.27. The number of nitrogens with zero attached hydrogens (tertiary/aromatic N) is 4. The molecule has 6 nitrogen and oxygen atoms in total. The molecular weight excluding hydrogens is 361 g/mol. The highest BCUT2D eigenvalue weighted by atomic mass is 35.5. The van der Waals surface area contributed by atoms with Gasteiger partial charge in [-0.1, -0.05) is 30.1 Å². The standard InChI is InChI=1S/C17H19Cl2N5O/c1-2-23-7-9-24(10-8-23)16(25)15-5-6-20-17(22-15)21-14-4-3-12(18)11-13(14)19/h3-6,11H,2,7-10H2,1H3,(H,20,21,22). The number of carbonyl (C=O) groups excluding carboxylic acids is 1. The normalized spacial score (nSPS) is 15.2. The summed E-state index contributed by atoms with van der Waals surface area (Å²) in [5.41, 5.74) is 1.000. The van der Waals surface area contributed by atoms with Crippen molar-refractivity contribution in [3.8, 4) is 0 Å². The second-order valence-electron chi connectivity index (χ2n) is 5.74. The quantitative estimate of drug-likeness (QED) is 0.882. The average molecular weight is 380 g/mol. The highest BCUT2D eigenvalue weighted by Gasteiger charge is 2.22. The molecule has 0 atom stereocenters. The third kappa shape index (κ3) is 4.39. The summed E-state index contributed by atoms with van der Waals surface area (Å²) in [6.45, 7) is 6.33. The molecule has 1 aliphatic heterocycles. The van der Waals surface area contributed by atoms with Crippen LogP contribution in [-0.2, 0) is 0 Å². The molecular formula is C17H19Cl2N5O. The summed E-state index contributed by atoms with van der Waals surface area (Å²) in [6, 6.07) is 6.72. The SMILES string of the molecule is CCN1CCN(C(=O)c2ccnc(Nc3ccc(Cl)cc3Cl)n2)CC1. The summed E-state index contributed by atoms with van der Waals surface area (Å²) in [7, 11) is 0. The van der Waals surface area contributed by atoms with Gasteiger partial charge in [-0.2, -0.15) is 0 Å². The van der Waals surface area contributed by atoms with Gasteiger partial charge in [0.15, 0.2) is 0 Å². The maximum atomic E-state index is 12.7. The monoisotopic (exact) mass is 379 g/mol. The summed E-state index contributed by atoms with van der Waals surface area (Å²) in [5, 5.41) is 4.03. The molecule has 1 aliphatic rings. The molecule has 0 aliphatic carbocycles. The topological polar surface area (TPSA) is 61.4 Å². The van der Waals surface area contributed by atoms with Crippen molar-refractivity contribution >= 4 is 40.7 Å². The zero-order valence-corrected chi connectivity index (χ0v) is 15.4. The van der Waals surface area contributed by atoms with Gasteiger partial charge in [0.05, 0.1) is 10.7 Å². The Morgan fingerprint density at radius 2 is 1.96 bits per heavy atom. The van der Waals surface area contributed by atoms with Crippen LogP contribution in [0.15, 0.2) is 30.5 Å². The summed E-state index contributed by atoms with van der Waals surface area (Å²) in [5.74, 6) is 0.241. The van der Waals surface area contributed by atoms with Gasteiger partial charge in [-0.05, 0) is 30.8 Å². The number of rotatable bonds is 4. The molecule has 2 aromatic rings. The first-order valence-electron chi connectivity index (χ1n) is 8.13. The maximum absolute atomic E-state index is 12.7. The van der Waals surface area contributed by atoms with Crippen molar-refractivity contribution in [2.75, 3.05) is 38.0 Å². The summed E-state index contributed by atoms with van der Waals surface area (Å²) >= 11 is 12.0. The van der Waals surface area contributed by atoms with E-state index in [0.29, 0.717) is 40.5 Å². The van der Waals surface area contributed by atoms with Gasteiger partial charge in [-0.15, -0.1) is 0 Å². The van der Waals surface area contributed by atoms with E-state index < -0.39 is 0 Å². The third-order valence-electron chi connectivity index (χ3n) is 4.16. The van der Waals surface area contributed by atoms with Gasteiger partial charge in [0.1, 0.15) is 5.69 Å². The van der Waals surface area contributed by atoms with E-state index >= 15 is 0 Å². The number of hydrogen-bond donors (Lipinski definition) is 1. The van der Waals surface area contributed by atoms with Crippen LogP contribution in [0.3, 0.4) is 0 Å². The van der Waals surface area contributed by atoms with E-state index in [4.69, 9.17) is 23.2 Å². The van der Waals surface area contributed by atoms with Crippen molar-refractivity contribution in [1.82, 2.24) is 19.8 Å². The fraction of sp³-hybridized carbons (Fsp3) is 0.353. The van der Waals surface area contributed by atoms with E-state index in [1.807, 2.05) is 4.90 Å². The molecule has 0 radical (unpaired) electrons. The molecule has 25 heavy (non-hydrogen) atoms. The summed E-state index contributed by atoms with van der Waals surface area (Å²) in [6.07, 6.45) is 1.56. The van der Waals surface area contributed by atoms with E-state index in [0.717, 1.165) is 19.6 Å². The molecule has 3 rings (SSSR count). The number of hydrogen-bond acceptors (Lipinski definition) is 5. The third-order valence-corrected chi connectivity index (χ3v) is 4.71. The molecule has 2 heterocycles. The fourth-order valence-corrected chi connectivity index (χ4v) is 3.13. The van der Waals surface area contributed by atoms with E-state index in [1.54, 1.807) is 30.5 Å². The molecule has 1 N–H and O–H groups in total. The lowest BCUT2D eigenvalue weighted by Crippen LogP contribution is -2.48. The van der Waals surface area contributed by atoms with Crippen LogP contribution in [-0.4, -0.2) is 58.4 Å². The lowest BCUT2D eigenvalue weighted by Gasteiger charge is -2.33. The van der Waals surface area contributed by atoms with Gasteiger partial charge >= 0.3 is 0 Å². The second-order valence-corrected chi connectivity index (χ2v) is 6.58. The fourth-order valence-electron chi connectivity index (χ4n) is 2.68. The molecule has 1 aromatic heterocycles. The average Bonchev–Trinajstić information content (AvgIpc) is 2.64. The Morgan fingerprint density at radius 3 is 2.64 bits per heavy atom. The lowest BCUT2D eigenvalue weighted by molar-refractivity contribution is 0.0637. The molecule has 0 unspecified atom stereocenters. The van der Waals surface area contributed by atoms with Crippen LogP contribution in [0.1, 0.15) is 17.4 Å². The number of likely N-dealkylation sites (N-methyl/N-ethyl adjacent to an activating group) is 1. The van der Waals surface area contributed by atoms with Crippen LogP contribution in [0.2, 0.25) is 10.0 Å². The van der Waals surface area contributed by atoms with Crippen LogP contribution in [0, 0.1) is 0 Å². The van der Waals surface area contributed by atoms with E-state index in [-0.39, 0.29) is 5.91 Å². The predicted molar refractivity (Wildman–Crippen MR) is 99.8 cm³/mol. The highest BCUT2D eigenvalue weighted by molar-refractivity contribution is 6.36. The predicted octanol–water partition coefficient (Wildman–Crippen LogP) is 3.30. The molecule has 132 valence electrons. The maximum Gasteiger partial charge on any atom is 0.272 e. The second kappa shape index (κ2) is 7.99. The number of nitrogens with one attached hydrogen (secondary N) is 1. The number of amides is 1. The van der Waals surface area contributed by atoms with Gasteiger partial charge in [-0.3, -0.25) is 4.79 Å². The summed E-state index contributed by atoms with van der Waals surface area (Å²) < 4.78 is 0.